The molecule has 0 fully saturated rings. The molecule has 2 aromatic rings. The number of ether oxygens (including phenoxy) is 2. The maximum atomic E-state index is 5.82. The molecular formula is C17H21NO2. The Labute approximate surface area is 120 Å². The third-order valence-corrected chi connectivity index (χ3v) is 3.02. The van der Waals surface area contributed by atoms with Crippen LogP contribution in [0.3, 0.4) is 0 Å². The Morgan fingerprint density at radius 1 is 1.00 bits per heavy atom. The minimum Gasteiger partial charge on any atom is -0.493 e. The van der Waals surface area contributed by atoms with Crippen LogP contribution in [0, 0.1) is 0 Å². The van der Waals surface area contributed by atoms with E-state index in [1.54, 1.807) is 7.11 Å². The summed E-state index contributed by atoms with van der Waals surface area (Å²) in [4.78, 5) is 0. The number of hydrogen-bond donors (Lipinski definition) is 1. The van der Waals surface area contributed by atoms with Gasteiger partial charge in [-0.3, -0.25) is 0 Å². The monoisotopic (exact) mass is 271 g/mol. The highest BCUT2D eigenvalue weighted by Crippen LogP contribution is 2.29. The highest BCUT2D eigenvalue weighted by molar-refractivity contribution is 5.43. The standard InChI is InChI=1S/C17H21NO2/c1-13(18)10-15-8-9-16(17(11-15)19-2)20-12-14-6-4-3-5-7-14/h3-9,11,13H,10,12,18H2,1-2H3/t13-/m0/s1. The number of rotatable bonds is 6. The van der Waals surface area contributed by atoms with E-state index in [2.05, 4.69) is 0 Å². The van der Waals surface area contributed by atoms with E-state index in [0.29, 0.717) is 6.61 Å². The van der Waals surface area contributed by atoms with Crippen molar-refractivity contribution in [2.75, 3.05) is 7.11 Å². The van der Waals surface area contributed by atoms with Crippen LogP contribution < -0.4 is 15.2 Å². The molecule has 3 heteroatoms. The zero-order valence-electron chi connectivity index (χ0n) is 12.0. The minimum atomic E-state index is 0.135. The Morgan fingerprint density at radius 2 is 1.75 bits per heavy atom. The largest absolute Gasteiger partial charge is 0.493 e. The minimum absolute atomic E-state index is 0.135. The quantitative estimate of drug-likeness (QED) is 0.877. The van der Waals surface area contributed by atoms with Crippen LogP contribution in [-0.2, 0) is 13.0 Å². The van der Waals surface area contributed by atoms with Crippen molar-refractivity contribution in [3.63, 3.8) is 0 Å². The zero-order valence-corrected chi connectivity index (χ0v) is 12.0. The van der Waals surface area contributed by atoms with Crippen LogP contribution in [0.1, 0.15) is 18.1 Å². The van der Waals surface area contributed by atoms with Crippen molar-refractivity contribution in [1.82, 2.24) is 0 Å². The van der Waals surface area contributed by atoms with E-state index in [1.165, 1.54) is 0 Å². The van der Waals surface area contributed by atoms with Crippen molar-refractivity contribution in [1.29, 1.82) is 0 Å². The van der Waals surface area contributed by atoms with Gasteiger partial charge in [-0.15, -0.1) is 0 Å². The van der Waals surface area contributed by atoms with Gasteiger partial charge in [0.25, 0.3) is 0 Å². The molecule has 20 heavy (non-hydrogen) atoms. The number of methoxy groups -OCH3 is 1. The highest BCUT2D eigenvalue weighted by atomic mass is 16.5. The smallest absolute Gasteiger partial charge is 0.161 e. The van der Waals surface area contributed by atoms with Crippen LogP contribution >= 0.6 is 0 Å². The Balaban J connectivity index is 2.07. The molecular weight excluding hydrogens is 250 g/mol. The molecule has 0 radical (unpaired) electrons. The molecule has 0 amide bonds. The van der Waals surface area contributed by atoms with Gasteiger partial charge in [-0.1, -0.05) is 36.4 Å². The van der Waals surface area contributed by atoms with E-state index in [-0.39, 0.29) is 6.04 Å². The number of nitrogens with two attached hydrogens (primary N) is 1. The summed E-state index contributed by atoms with van der Waals surface area (Å²) in [6, 6.07) is 16.2. The molecule has 0 saturated carbocycles. The predicted octanol–water partition coefficient (Wildman–Crippen LogP) is 3.16. The summed E-state index contributed by atoms with van der Waals surface area (Å²) in [6.45, 7) is 2.52. The normalized spacial score (nSPS) is 11.9. The molecule has 0 unspecified atom stereocenters. The fourth-order valence-electron chi connectivity index (χ4n) is 2.07. The Hall–Kier alpha value is -2.00. The van der Waals surface area contributed by atoms with Crippen LogP contribution in [0.4, 0.5) is 0 Å². The first-order chi connectivity index (χ1) is 9.69. The lowest BCUT2D eigenvalue weighted by Gasteiger charge is -2.13. The van der Waals surface area contributed by atoms with Crippen molar-refractivity contribution in [2.45, 2.75) is 26.0 Å². The molecule has 2 N–H and O–H groups in total. The Morgan fingerprint density at radius 3 is 2.40 bits per heavy atom. The Bertz CT molecular complexity index is 538. The third kappa shape index (κ3) is 4.00. The molecule has 106 valence electrons. The lowest BCUT2D eigenvalue weighted by molar-refractivity contribution is 0.284. The van der Waals surface area contributed by atoms with Gasteiger partial charge in [-0.25, -0.2) is 0 Å². The first kappa shape index (κ1) is 14.4. The van der Waals surface area contributed by atoms with Gasteiger partial charge in [-0.2, -0.15) is 0 Å². The fourth-order valence-corrected chi connectivity index (χ4v) is 2.07. The topological polar surface area (TPSA) is 44.5 Å². The van der Waals surface area contributed by atoms with Gasteiger partial charge in [0.2, 0.25) is 0 Å². The van der Waals surface area contributed by atoms with Crippen LogP contribution in [0.5, 0.6) is 11.5 Å². The van der Waals surface area contributed by atoms with Crippen molar-refractivity contribution in [3.05, 3.63) is 59.7 Å². The number of hydrogen-bond acceptors (Lipinski definition) is 3. The Kier molecular flexibility index (Phi) is 5.02. The molecule has 0 bridgehead atoms. The average molecular weight is 271 g/mol. The lowest BCUT2D eigenvalue weighted by atomic mass is 10.1. The van der Waals surface area contributed by atoms with E-state index in [0.717, 1.165) is 29.0 Å². The highest BCUT2D eigenvalue weighted by Gasteiger charge is 2.07. The molecule has 3 nitrogen and oxygen atoms in total. The van der Waals surface area contributed by atoms with Crippen LogP contribution in [0.2, 0.25) is 0 Å². The van der Waals surface area contributed by atoms with Crippen molar-refractivity contribution < 1.29 is 9.47 Å². The van der Waals surface area contributed by atoms with E-state index in [1.807, 2.05) is 55.5 Å². The van der Waals surface area contributed by atoms with Gasteiger partial charge in [0.05, 0.1) is 7.11 Å². The second kappa shape index (κ2) is 6.96. The summed E-state index contributed by atoms with van der Waals surface area (Å²) in [5, 5.41) is 0. The van der Waals surface area contributed by atoms with Gasteiger partial charge in [0, 0.05) is 6.04 Å². The van der Waals surface area contributed by atoms with Crippen LogP contribution in [0.25, 0.3) is 0 Å². The van der Waals surface area contributed by atoms with E-state index in [4.69, 9.17) is 15.2 Å². The fraction of sp³-hybridized carbons (Fsp3) is 0.294. The summed E-state index contributed by atoms with van der Waals surface area (Å²) in [5.41, 5.74) is 8.11. The second-order valence-electron chi connectivity index (χ2n) is 4.94. The van der Waals surface area contributed by atoms with Gasteiger partial charge < -0.3 is 15.2 Å². The summed E-state index contributed by atoms with van der Waals surface area (Å²) >= 11 is 0. The summed E-state index contributed by atoms with van der Waals surface area (Å²) < 4.78 is 11.2. The van der Waals surface area contributed by atoms with Crippen LogP contribution in [0.15, 0.2) is 48.5 Å². The third-order valence-electron chi connectivity index (χ3n) is 3.02. The van der Waals surface area contributed by atoms with Crippen molar-refractivity contribution in [3.8, 4) is 11.5 Å². The molecule has 1 atom stereocenters. The number of benzene rings is 2. The molecule has 0 aliphatic carbocycles. The van der Waals surface area contributed by atoms with Crippen molar-refractivity contribution in [2.24, 2.45) is 5.73 Å². The van der Waals surface area contributed by atoms with Crippen molar-refractivity contribution >= 4 is 0 Å². The molecule has 0 aliphatic heterocycles. The molecule has 2 rings (SSSR count). The molecule has 2 aromatic carbocycles. The maximum Gasteiger partial charge on any atom is 0.161 e. The first-order valence-electron chi connectivity index (χ1n) is 6.78. The SMILES string of the molecule is COc1cc(C[C@H](C)N)ccc1OCc1ccccc1. The van der Waals surface area contributed by atoms with E-state index in [9.17, 15) is 0 Å². The van der Waals surface area contributed by atoms with Gasteiger partial charge in [-0.05, 0) is 36.6 Å². The molecule has 0 aliphatic rings. The summed E-state index contributed by atoms with van der Waals surface area (Å²) in [6.07, 6.45) is 0.829. The second-order valence-corrected chi connectivity index (χ2v) is 4.94. The molecule has 0 spiro atoms. The molecule has 0 aromatic heterocycles. The lowest BCUT2D eigenvalue weighted by Crippen LogP contribution is -2.17. The van der Waals surface area contributed by atoms with E-state index >= 15 is 0 Å². The average Bonchev–Trinajstić information content (AvgIpc) is 2.46. The molecule has 0 saturated heterocycles. The van der Waals surface area contributed by atoms with Gasteiger partial charge in [0.15, 0.2) is 11.5 Å². The summed E-state index contributed by atoms with van der Waals surface area (Å²) in [5.74, 6) is 1.50. The predicted molar refractivity (Wildman–Crippen MR) is 81.1 cm³/mol. The van der Waals surface area contributed by atoms with Gasteiger partial charge >= 0.3 is 0 Å². The van der Waals surface area contributed by atoms with Gasteiger partial charge in [0.1, 0.15) is 6.61 Å². The molecule has 0 heterocycles. The first-order valence-corrected chi connectivity index (χ1v) is 6.78. The zero-order chi connectivity index (χ0) is 14.4. The maximum absolute atomic E-state index is 5.82. The van der Waals surface area contributed by atoms with E-state index < -0.39 is 0 Å². The summed E-state index contributed by atoms with van der Waals surface area (Å²) in [7, 11) is 1.65. The van der Waals surface area contributed by atoms with Crippen LogP contribution in [-0.4, -0.2) is 13.2 Å².